The molecule has 0 radical (unpaired) electrons. The van der Waals surface area contributed by atoms with Crippen LogP contribution in [0.2, 0.25) is 0 Å². The van der Waals surface area contributed by atoms with Gasteiger partial charge in [-0.1, -0.05) is 0 Å². The Morgan fingerprint density at radius 2 is 2.50 bits per heavy atom. The van der Waals surface area contributed by atoms with Crippen molar-refractivity contribution in [3.8, 4) is 0 Å². The zero-order valence-corrected chi connectivity index (χ0v) is 8.28. The van der Waals surface area contributed by atoms with Crippen LogP contribution >= 0.6 is 0 Å². The lowest BCUT2D eigenvalue weighted by molar-refractivity contribution is 0.0705. The van der Waals surface area contributed by atoms with Crippen molar-refractivity contribution in [1.29, 1.82) is 0 Å². The average molecular weight is 198 g/mol. The number of carbonyl (C=O) groups is 1. The van der Waals surface area contributed by atoms with E-state index in [-0.39, 0.29) is 6.03 Å². The molecule has 1 heterocycles. The number of hydrogen-bond acceptors (Lipinski definition) is 3. The maximum atomic E-state index is 11.0. The summed E-state index contributed by atoms with van der Waals surface area (Å²) in [5.74, 6) is 0. The lowest BCUT2D eigenvalue weighted by Gasteiger charge is -2.04. The smallest absolute Gasteiger partial charge is 0.332 e. The molecule has 0 saturated carbocycles. The quantitative estimate of drug-likeness (QED) is 0.678. The van der Waals surface area contributed by atoms with E-state index in [1.807, 2.05) is 13.2 Å². The van der Waals surface area contributed by atoms with Crippen molar-refractivity contribution in [2.24, 2.45) is 7.05 Å². The maximum absolute atomic E-state index is 11.0. The molecule has 1 aromatic rings. The lowest BCUT2D eigenvalue weighted by Crippen LogP contribution is -2.34. The molecule has 78 valence electrons. The SMILES string of the molecule is CCONC(=O)NCc1cnn(C)c1. The summed E-state index contributed by atoms with van der Waals surface area (Å²) in [5.41, 5.74) is 3.18. The monoisotopic (exact) mass is 198 g/mol. The summed E-state index contributed by atoms with van der Waals surface area (Å²) >= 11 is 0. The number of hydroxylamine groups is 1. The number of rotatable bonds is 4. The summed E-state index contributed by atoms with van der Waals surface area (Å²) in [6.07, 6.45) is 3.53. The highest BCUT2D eigenvalue weighted by Gasteiger charge is 2.00. The zero-order chi connectivity index (χ0) is 10.4. The highest BCUT2D eigenvalue weighted by atomic mass is 16.7. The van der Waals surface area contributed by atoms with Gasteiger partial charge in [-0.25, -0.2) is 10.3 Å². The minimum Gasteiger partial charge on any atom is -0.332 e. The predicted molar refractivity (Wildman–Crippen MR) is 50.2 cm³/mol. The van der Waals surface area contributed by atoms with Crippen LogP contribution in [0.3, 0.4) is 0 Å². The summed E-state index contributed by atoms with van der Waals surface area (Å²) in [5, 5.41) is 6.59. The van der Waals surface area contributed by atoms with Crippen molar-refractivity contribution in [3.63, 3.8) is 0 Å². The second kappa shape index (κ2) is 5.23. The van der Waals surface area contributed by atoms with Crippen LogP contribution in [0.5, 0.6) is 0 Å². The third kappa shape index (κ3) is 3.44. The van der Waals surface area contributed by atoms with E-state index in [2.05, 4.69) is 15.9 Å². The van der Waals surface area contributed by atoms with Gasteiger partial charge in [0.05, 0.1) is 12.8 Å². The van der Waals surface area contributed by atoms with Gasteiger partial charge in [0, 0.05) is 25.4 Å². The summed E-state index contributed by atoms with van der Waals surface area (Å²) in [4.78, 5) is 15.7. The van der Waals surface area contributed by atoms with E-state index in [0.717, 1.165) is 5.56 Å². The van der Waals surface area contributed by atoms with Gasteiger partial charge in [0.1, 0.15) is 0 Å². The molecule has 0 bridgehead atoms. The van der Waals surface area contributed by atoms with E-state index in [0.29, 0.717) is 13.2 Å². The van der Waals surface area contributed by atoms with Crippen LogP contribution in [-0.4, -0.2) is 22.4 Å². The largest absolute Gasteiger partial charge is 0.338 e. The van der Waals surface area contributed by atoms with E-state index in [4.69, 9.17) is 4.84 Å². The Balaban J connectivity index is 2.23. The number of amides is 2. The van der Waals surface area contributed by atoms with E-state index >= 15 is 0 Å². The first-order chi connectivity index (χ1) is 6.72. The number of aromatic nitrogens is 2. The normalized spacial score (nSPS) is 9.86. The number of aryl methyl sites for hydroxylation is 1. The molecule has 0 unspecified atom stereocenters. The van der Waals surface area contributed by atoms with Gasteiger partial charge in [-0.2, -0.15) is 5.10 Å². The zero-order valence-electron chi connectivity index (χ0n) is 8.28. The Morgan fingerprint density at radius 3 is 3.07 bits per heavy atom. The third-order valence-corrected chi connectivity index (χ3v) is 1.52. The molecule has 1 rings (SSSR count). The molecule has 0 aliphatic carbocycles. The Kier molecular flexibility index (Phi) is 3.93. The first-order valence-corrected chi connectivity index (χ1v) is 4.35. The Morgan fingerprint density at radius 1 is 1.71 bits per heavy atom. The fourth-order valence-electron chi connectivity index (χ4n) is 0.919. The van der Waals surface area contributed by atoms with Gasteiger partial charge >= 0.3 is 6.03 Å². The summed E-state index contributed by atoms with van der Waals surface area (Å²) < 4.78 is 1.68. The predicted octanol–water partition coefficient (Wildman–Crippen LogP) is 0.171. The molecule has 2 amide bonds. The molecule has 0 aromatic carbocycles. The van der Waals surface area contributed by atoms with Gasteiger partial charge in [-0.05, 0) is 6.92 Å². The van der Waals surface area contributed by atoms with Crippen molar-refractivity contribution in [3.05, 3.63) is 18.0 Å². The number of carbonyl (C=O) groups excluding carboxylic acids is 1. The number of urea groups is 1. The molecule has 0 fully saturated rings. The van der Waals surface area contributed by atoms with Gasteiger partial charge in [0.2, 0.25) is 0 Å². The van der Waals surface area contributed by atoms with Gasteiger partial charge < -0.3 is 5.32 Å². The van der Waals surface area contributed by atoms with Crippen LogP contribution in [0, 0.1) is 0 Å². The summed E-state index contributed by atoms with van der Waals surface area (Å²) in [6.45, 7) is 2.68. The van der Waals surface area contributed by atoms with E-state index in [9.17, 15) is 4.79 Å². The van der Waals surface area contributed by atoms with Crippen LogP contribution in [0.15, 0.2) is 12.4 Å². The maximum Gasteiger partial charge on any atom is 0.338 e. The van der Waals surface area contributed by atoms with E-state index in [1.54, 1.807) is 17.8 Å². The Bertz CT molecular complexity index is 297. The van der Waals surface area contributed by atoms with Crippen LogP contribution in [-0.2, 0) is 18.4 Å². The topological polar surface area (TPSA) is 68.2 Å². The van der Waals surface area contributed by atoms with Crippen molar-refractivity contribution in [1.82, 2.24) is 20.6 Å². The molecule has 2 N–H and O–H groups in total. The third-order valence-electron chi connectivity index (χ3n) is 1.52. The number of nitrogens with zero attached hydrogens (tertiary/aromatic N) is 2. The molecule has 0 saturated heterocycles. The van der Waals surface area contributed by atoms with Crippen LogP contribution in [0.25, 0.3) is 0 Å². The molecule has 0 aliphatic rings. The van der Waals surface area contributed by atoms with Crippen molar-refractivity contribution in [2.45, 2.75) is 13.5 Å². The fraction of sp³-hybridized carbons (Fsp3) is 0.500. The molecular weight excluding hydrogens is 184 g/mol. The van der Waals surface area contributed by atoms with Gasteiger partial charge in [-0.15, -0.1) is 0 Å². The van der Waals surface area contributed by atoms with Crippen molar-refractivity contribution < 1.29 is 9.63 Å². The first kappa shape index (κ1) is 10.5. The van der Waals surface area contributed by atoms with Crippen LogP contribution in [0.4, 0.5) is 4.79 Å². The minimum atomic E-state index is -0.351. The number of hydrogen-bond donors (Lipinski definition) is 2. The highest BCUT2D eigenvalue weighted by Crippen LogP contribution is 1.94. The van der Waals surface area contributed by atoms with Crippen molar-refractivity contribution in [2.75, 3.05) is 6.61 Å². The average Bonchev–Trinajstić information content (AvgIpc) is 2.58. The summed E-state index contributed by atoms with van der Waals surface area (Å²) in [6, 6.07) is -0.351. The van der Waals surface area contributed by atoms with E-state index < -0.39 is 0 Å². The minimum absolute atomic E-state index is 0.351. The number of nitrogens with one attached hydrogen (secondary N) is 2. The van der Waals surface area contributed by atoms with Gasteiger partial charge in [-0.3, -0.25) is 9.52 Å². The molecule has 14 heavy (non-hydrogen) atoms. The van der Waals surface area contributed by atoms with Crippen molar-refractivity contribution >= 4 is 6.03 Å². The highest BCUT2D eigenvalue weighted by molar-refractivity contribution is 5.72. The summed E-state index contributed by atoms with van der Waals surface area (Å²) in [7, 11) is 1.82. The van der Waals surface area contributed by atoms with Crippen LogP contribution < -0.4 is 10.8 Å². The molecule has 6 nitrogen and oxygen atoms in total. The Labute approximate surface area is 82.2 Å². The molecule has 1 aromatic heterocycles. The molecule has 0 aliphatic heterocycles. The second-order valence-electron chi connectivity index (χ2n) is 2.74. The van der Waals surface area contributed by atoms with Gasteiger partial charge in [0.25, 0.3) is 0 Å². The first-order valence-electron chi connectivity index (χ1n) is 4.35. The molecule has 0 atom stereocenters. The molecular formula is C8H14N4O2. The standard InChI is InChI=1S/C8H14N4O2/c1-3-14-11-8(13)9-4-7-5-10-12(2)6-7/h5-6H,3-4H2,1-2H3,(H2,9,11,13). The van der Waals surface area contributed by atoms with Gasteiger partial charge in [0.15, 0.2) is 0 Å². The van der Waals surface area contributed by atoms with E-state index in [1.165, 1.54) is 0 Å². The molecule has 0 spiro atoms. The Hall–Kier alpha value is -1.56. The second-order valence-corrected chi connectivity index (χ2v) is 2.74. The fourth-order valence-corrected chi connectivity index (χ4v) is 0.919. The lowest BCUT2D eigenvalue weighted by atomic mass is 10.4. The molecule has 6 heteroatoms. The van der Waals surface area contributed by atoms with Crippen LogP contribution in [0.1, 0.15) is 12.5 Å².